The molecule has 0 atom stereocenters. The van der Waals surface area contributed by atoms with E-state index in [-0.39, 0.29) is 0 Å². The number of methoxy groups -OCH3 is 1. The summed E-state index contributed by atoms with van der Waals surface area (Å²) in [5.41, 5.74) is 2.50. The first-order valence-electron chi connectivity index (χ1n) is 6.73. The van der Waals surface area contributed by atoms with Crippen molar-refractivity contribution in [3.05, 3.63) is 22.9 Å². The molecule has 1 aromatic heterocycles. The molecule has 0 saturated heterocycles. The highest BCUT2D eigenvalue weighted by molar-refractivity contribution is 5.73. The fraction of sp³-hybridized carbons (Fsp3) is 0.600. The summed E-state index contributed by atoms with van der Waals surface area (Å²) in [4.78, 5) is 15.4. The molecule has 0 spiro atoms. The van der Waals surface area contributed by atoms with Gasteiger partial charge in [0.05, 0.1) is 12.5 Å². The SMILES string of the molecule is COc1cc(C)c(CNCCC(C)(C)C(=O)O)c(C)n1. The Morgan fingerprint density at radius 1 is 1.45 bits per heavy atom. The predicted molar refractivity (Wildman–Crippen MR) is 78.0 cm³/mol. The van der Waals surface area contributed by atoms with Crippen LogP contribution in [0.3, 0.4) is 0 Å². The van der Waals surface area contributed by atoms with Crippen molar-refractivity contribution >= 4 is 5.97 Å². The number of nitrogens with zero attached hydrogens (tertiary/aromatic N) is 1. The Labute approximate surface area is 120 Å². The number of carboxylic acid groups (broad SMARTS) is 1. The van der Waals surface area contributed by atoms with E-state index in [0.29, 0.717) is 25.4 Å². The molecular formula is C15H24N2O3. The highest BCUT2D eigenvalue weighted by Crippen LogP contribution is 2.20. The van der Waals surface area contributed by atoms with Crippen molar-refractivity contribution in [3.63, 3.8) is 0 Å². The zero-order valence-corrected chi connectivity index (χ0v) is 12.9. The Morgan fingerprint density at radius 3 is 2.60 bits per heavy atom. The summed E-state index contributed by atoms with van der Waals surface area (Å²) in [7, 11) is 1.60. The second-order valence-electron chi connectivity index (χ2n) is 5.66. The van der Waals surface area contributed by atoms with Crippen molar-refractivity contribution < 1.29 is 14.6 Å². The topological polar surface area (TPSA) is 71.5 Å². The molecule has 5 nitrogen and oxygen atoms in total. The number of aliphatic carboxylic acids is 1. The van der Waals surface area contributed by atoms with Gasteiger partial charge in [-0.3, -0.25) is 4.79 Å². The van der Waals surface area contributed by atoms with Gasteiger partial charge in [-0.15, -0.1) is 0 Å². The summed E-state index contributed by atoms with van der Waals surface area (Å²) in [6, 6.07) is 1.91. The third-order valence-electron chi connectivity index (χ3n) is 3.55. The lowest BCUT2D eigenvalue weighted by Crippen LogP contribution is -2.29. The molecule has 0 aliphatic heterocycles. The van der Waals surface area contributed by atoms with Gasteiger partial charge in [0.1, 0.15) is 0 Å². The first kappa shape index (κ1) is 16.4. The van der Waals surface area contributed by atoms with Crippen molar-refractivity contribution in [2.75, 3.05) is 13.7 Å². The van der Waals surface area contributed by atoms with Gasteiger partial charge in [-0.1, -0.05) is 0 Å². The zero-order valence-electron chi connectivity index (χ0n) is 12.9. The molecule has 0 unspecified atom stereocenters. The van der Waals surface area contributed by atoms with Gasteiger partial charge in [0.2, 0.25) is 5.88 Å². The van der Waals surface area contributed by atoms with E-state index in [1.54, 1.807) is 21.0 Å². The molecule has 0 aliphatic carbocycles. The Morgan fingerprint density at radius 2 is 2.10 bits per heavy atom. The van der Waals surface area contributed by atoms with Crippen LogP contribution in [0, 0.1) is 19.3 Å². The van der Waals surface area contributed by atoms with Crippen LogP contribution >= 0.6 is 0 Å². The lowest BCUT2D eigenvalue weighted by Gasteiger charge is -2.19. The number of ether oxygens (including phenoxy) is 1. The van der Waals surface area contributed by atoms with Crippen LogP contribution in [0.25, 0.3) is 0 Å². The van der Waals surface area contributed by atoms with Crippen molar-refractivity contribution in [1.29, 1.82) is 0 Å². The maximum atomic E-state index is 11.0. The molecule has 0 saturated carbocycles. The molecule has 0 fully saturated rings. The second-order valence-corrected chi connectivity index (χ2v) is 5.66. The monoisotopic (exact) mass is 280 g/mol. The minimum atomic E-state index is -0.766. The fourth-order valence-corrected chi connectivity index (χ4v) is 1.92. The van der Waals surface area contributed by atoms with Gasteiger partial charge in [0.25, 0.3) is 0 Å². The minimum Gasteiger partial charge on any atom is -0.481 e. The maximum Gasteiger partial charge on any atom is 0.309 e. The molecule has 20 heavy (non-hydrogen) atoms. The Hall–Kier alpha value is -1.62. The Kier molecular flexibility index (Phi) is 5.51. The molecule has 1 heterocycles. The summed E-state index contributed by atoms with van der Waals surface area (Å²) in [6.45, 7) is 8.79. The Balaban J connectivity index is 2.57. The molecule has 0 radical (unpaired) electrons. The van der Waals surface area contributed by atoms with Crippen molar-refractivity contribution in [2.24, 2.45) is 5.41 Å². The van der Waals surface area contributed by atoms with Crippen molar-refractivity contribution in [1.82, 2.24) is 10.3 Å². The summed E-state index contributed by atoms with van der Waals surface area (Å²) in [6.07, 6.45) is 0.587. The van der Waals surface area contributed by atoms with Crippen LogP contribution in [0.4, 0.5) is 0 Å². The number of aromatic nitrogens is 1. The highest BCUT2D eigenvalue weighted by Gasteiger charge is 2.26. The van der Waals surface area contributed by atoms with Crippen LogP contribution in [-0.4, -0.2) is 29.7 Å². The maximum absolute atomic E-state index is 11.0. The van der Waals surface area contributed by atoms with Crippen LogP contribution in [-0.2, 0) is 11.3 Å². The minimum absolute atomic E-state index is 0.587. The summed E-state index contributed by atoms with van der Waals surface area (Å²) < 4.78 is 5.13. The molecule has 112 valence electrons. The van der Waals surface area contributed by atoms with Gasteiger partial charge in [0.15, 0.2) is 0 Å². The average Bonchev–Trinajstić information content (AvgIpc) is 2.36. The second kappa shape index (κ2) is 6.70. The fourth-order valence-electron chi connectivity index (χ4n) is 1.92. The number of nitrogens with one attached hydrogen (secondary N) is 1. The summed E-state index contributed by atoms with van der Waals surface area (Å²) in [5, 5.41) is 12.3. The predicted octanol–water partition coefficient (Wildman–Crippen LogP) is 2.30. The van der Waals surface area contributed by atoms with Crippen molar-refractivity contribution in [3.8, 4) is 5.88 Å². The lowest BCUT2D eigenvalue weighted by molar-refractivity contribution is -0.147. The lowest BCUT2D eigenvalue weighted by atomic mass is 9.89. The van der Waals surface area contributed by atoms with Crippen LogP contribution in [0.15, 0.2) is 6.07 Å². The standard InChI is InChI=1S/C15H24N2O3/c1-10-8-13(20-5)17-11(2)12(10)9-16-7-6-15(3,4)14(18)19/h8,16H,6-7,9H2,1-5H3,(H,18,19). The smallest absolute Gasteiger partial charge is 0.309 e. The normalized spacial score (nSPS) is 11.4. The van der Waals surface area contributed by atoms with Crippen LogP contribution < -0.4 is 10.1 Å². The number of pyridine rings is 1. The molecular weight excluding hydrogens is 256 g/mol. The molecule has 2 N–H and O–H groups in total. The largest absolute Gasteiger partial charge is 0.481 e. The first-order valence-corrected chi connectivity index (χ1v) is 6.73. The quantitative estimate of drug-likeness (QED) is 0.750. The van der Waals surface area contributed by atoms with Crippen LogP contribution in [0.2, 0.25) is 0 Å². The molecule has 0 bridgehead atoms. The van der Waals surface area contributed by atoms with Crippen molar-refractivity contribution in [2.45, 2.75) is 40.7 Å². The van der Waals surface area contributed by atoms with Gasteiger partial charge in [-0.2, -0.15) is 0 Å². The molecule has 1 rings (SSSR count). The number of hydrogen-bond donors (Lipinski definition) is 2. The third kappa shape index (κ3) is 4.20. The summed E-state index contributed by atoms with van der Waals surface area (Å²) in [5.74, 6) is -0.145. The summed E-state index contributed by atoms with van der Waals surface area (Å²) >= 11 is 0. The number of aryl methyl sites for hydroxylation is 2. The number of hydrogen-bond acceptors (Lipinski definition) is 4. The van der Waals surface area contributed by atoms with E-state index >= 15 is 0 Å². The molecule has 1 aromatic rings. The van der Waals surface area contributed by atoms with E-state index in [0.717, 1.165) is 16.8 Å². The average molecular weight is 280 g/mol. The van der Waals surface area contributed by atoms with E-state index in [1.165, 1.54) is 0 Å². The third-order valence-corrected chi connectivity index (χ3v) is 3.55. The van der Waals surface area contributed by atoms with Gasteiger partial charge < -0.3 is 15.2 Å². The van der Waals surface area contributed by atoms with E-state index < -0.39 is 11.4 Å². The first-order chi connectivity index (χ1) is 9.27. The Bertz CT molecular complexity index is 461. The number of rotatable bonds is 7. The molecule has 5 heteroatoms. The number of carboxylic acids is 1. The van der Waals surface area contributed by atoms with E-state index in [4.69, 9.17) is 9.84 Å². The molecule has 0 aliphatic rings. The van der Waals surface area contributed by atoms with Gasteiger partial charge in [0, 0.05) is 18.3 Å². The van der Waals surface area contributed by atoms with E-state index in [9.17, 15) is 4.79 Å². The number of carbonyl (C=O) groups is 1. The van der Waals surface area contributed by atoms with Crippen LogP contribution in [0.1, 0.15) is 37.1 Å². The highest BCUT2D eigenvalue weighted by atomic mass is 16.5. The molecule has 0 amide bonds. The van der Waals surface area contributed by atoms with E-state index in [1.807, 2.05) is 19.9 Å². The van der Waals surface area contributed by atoms with Gasteiger partial charge in [-0.05, 0) is 51.8 Å². The van der Waals surface area contributed by atoms with E-state index in [2.05, 4.69) is 10.3 Å². The zero-order chi connectivity index (χ0) is 15.3. The molecule has 0 aromatic carbocycles. The van der Waals surface area contributed by atoms with Gasteiger partial charge >= 0.3 is 5.97 Å². The van der Waals surface area contributed by atoms with Gasteiger partial charge in [-0.25, -0.2) is 4.98 Å². The van der Waals surface area contributed by atoms with Crippen LogP contribution in [0.5, 0.6) is 5.88 Å².